The van der Waals surface area contributed by atoms with Crippen molar-refractivity contribution in [2.75, 3.05) is 0 Å². The van der Waals surface area contributed by atoms with Crippen LogP contribution in [0.2, 0.25) is 0 Å². The van der Waals surface area contributed by atoms with E-state index in [0.29, 0.717) is 11.1 Å². The van der Waals surface area contributed by atoms with E-state index in [1.165, 1.54) is 16.7 Å². The molecular weight excluding hydrogens is 311 g/mol. The Hall–Kier alpha value is -2.89. The quantitative estimate of drug-likeness (QED) is 0.801. The highest BCUT2D eigenvalue weighted by Crippen LogP contribution is 2.40. The minimum atomic E-state index is -0.552. The number of benzene rings is 2. The van der Waals surface area contributed by atoms with Gasteiger partial charge in [-0.1, -0.05) is 24.3 Å². The van der Waals surface area contributed by atoms with Crippen molar-refractivity contribution in [1.29, 1.82) is 0 Å². The Balaban J connectivity index is 1.44. The summed E-state index contributed by atoms with van der Waals surface area (Å²) in [5.41, 5.74) is 1.93. The molecule has 1 amide bonds. The van der Waals surface area contributed by atoms with Gasteiger partial charge >= 0.3 is 5.76 Å². The first-order valence-electron chi connectivity index (χ1n) is 7.75. The van der Waals surface area contributed by atoms with E-state index in [-0.39, 0.29) is 30.2 Å². The Morgan fingerprint density at radius 3 is 2.92 bits per heavy atom. The second-order valence-corrected chi connectivity index (χ2v) is 5.99. The summed E-state index contributed by atoms with van der Waals surface area (Å²) in [4.78, 5) is 24.1. The highest BCUT2D eigenvalue weighted by molar-refractivity contribution is 5.80. The number of aromatic nitrogens is 1. The number of hydrogen-bond donors (Lipinski definition) is 1. The lowest BCUT2D eigenvalue weighted by Crippen LogP contribution is -2.32. The number of nitrogens with one attached hydrogen (secondary N) is 1. The third-order valence-electron chi connectivity index (χ3n) is 4.29. The molecule has 0 bridgehead atoms. The molecule has 1 saturated carbocycles. The van der Waals surface area contributed by atoms with Crippen LogP contribution in [0.4, 0.5) is 4.39 Å². The van der Waals surface area contributed by atoms with Crippen LogP contribution < -0.4 is 11.1 Å². The normalized spacial score (nSPS) is 19.4. The van der Waals surface area contributed by atoms with Crippen molar-refractivity contribution in [2.24, 2.45) is 0 Å². The molecule has 5 nitrogen and oxygen atoms in total. The number of hydrogen-bond acceptors (Lipinski definition) is 3. The molecule has 3 aromatic rings. The van der Waals surface area contributed by atoms with Gasteiger partial charge in [-0.3, -0.25) is 9.36 Å². The number of oxazole rings is 1. The summed E-state index contributed by atoms with van der Waals surface area (Å²) in [5, 5.41) is 2.89. The second-order valence-electron chi connectivity index (χ2n) is 5.99. The Morgan fingerprint density at radius 1 is 1.25 bits per heavy atom. The van der Waals surface area contributed by atoms with Gasteiger partial charge in [0.25, 0.3) is 0 Å². The molecule has 2 atom stereocenters. The first-order chi connectivity index (χ1) is 11.6. The molecule has 0 radical (unpaired) electrons. The van der Waals surface area contributed by atoms with Crippen molar-refractivity contribution >= 4 is 17.0 Å². The first kappa shape index (κ1) is 14.7. The van der Waals surface area contributed by atoms with E-state index in [1.54, 1.807) is 30.3 Å². The Labute approximate surface area is 136 Å². The second kappa shape index (κ2) is 5.63. The predicted molar refractivity (Wildman–Crippen MR) is 86.2 cm³/mol. The first-order valence-corrected chi connectivity index (χ1v) is 7.75. The molecule has 2 aromatic carbocycles. The number of amides is 1. The van der Waals surface area contributed by atoms with Crippen molar-refractivity contribution in [2.45, 2.75) is 24.9 Å². The Kier molecular flexibility index (Phi) is 3.45. The zero-order valence-electron chi connectivity index (χ0n) is 12.7. The number of fused-ring (bicyclic) bond motifs is 1. The van der Waals surface area contributed by atoms with Crippen LogP contribution in [0.15, 0.2) is 57.7 Å². The summed E-state index contributed by atoms with van der Waals surface area (Å²) < 4.78 is 19.7. The summed E-state index contributed by atoms with van der Waals surface area (Å²) in [6.45, 7) is -0.0950. The zero-order valence-corrected chi connectivity index (χ0v) is 12.7. The van der Waals surface area contributed by atoms with Gasteiger partial charge in [0.2, 0.25) is 5.91 Å². The largest absolute Gasteiger partial charge is 0.420 e. The molecule has 4 rings (SSSR count). The third kappa shape index (κ3) is 2.71. The number of para-hydroxylation sites is 2. The van der Waals surface area contributed by atoms with Crippen LogP contribution in [-0.2, 0) is 11.3 Å². The summed E-state index contributed by atoms with van der Waals surface area (Å²) in [6, 6.07) is 13.4. The molecule has 1 aliphatic rings. The van der Waals surface area contributed by atoms with Gasteiger partial charge in [0.1, 0.15) is 12.4 Å². The minimum Gasteiger partial charge on any atom is -0.408 e. The fourth-order valence-electron chi connectivity index (χ4n) is 3.02. The third-order valence-corrected chi connectivity index (χ3v) is 4.29. The van der Waals surface area contributed by atoms with E-state index in [2.05, 4.69) is 5.32 Å². The fourth-order valence-corrected chi connectivity index (χ4v) is 3.02. The zero-order chi connectivity index (χ0) is 16.7. The molecule has 24 heavy (non-hydrogen) atoms. The van der Waals surface area contributed by atoms with Crippen LogP contribution in [-0.4, -0.2) is 16.5 Å². The number of carbonyl (C=O) groups is 1. The molecule has 1 heterocycles. The lowest BCUT2D eigenvalue weighted by molar-refractivity contribution is -0.121. The van der Waals surface area contributed by atoms with Crippen molar-refractivity contribution in [3.63, 3.8) is 0 Å². The SMILES string of the molecule is O=C(Cn1c(=O)oc2ccccc21)N[C@@H]1C[C@@H]1c1cccc(F)c1. The van der Waals surface area contributed by atoms with Crippen LogP contribution in [0.1, 0.15) is 17.9 Å². The molecule has 0 spiro atoms. The Morgan fingerprint density at radius 2 is 2.08 bits per heavy atom. The van der Waals surface area contributed by atoms with Crippen molar-refractivity contribution in [3.8, 4) is 0 Å². The maximum Gasteiger partial charge on any atom is 0.420 e. The van der Waals surface area contributed by atoms with Gasteiger partial charge in [-0.2, -0.15) is 0 Å². The maximum absolute atomic E-state index is 13.3. The molecule has 1 aliphatic carbocycles. The van der Waals surface area contributed by atoms with Crippen LogP contribution in [0, 0.1) is 5.82 Å². The van der Waals surface area contributed by atoms with Crippen molar-refractivity contribution in [1.82, 2.24) is 9.88 Å². The van der Waals surface area contributed by atoms with Gasteiger partial charge in [-0.05, 0) is 36.2 Å². The molecule has 1 aromatic heterocycles. The maximum atomic E-state index is 13.3. The summed E-state index contributed by atoms with van der Waals surface area (Å²) in [7, 11) is 0. The highest BCUT2D eigenvalue weighted by atomic mass is 19.1. The number of halogens is 1. The highest BCUT2D eigenvalue weighted by Gasteiger charge is 2.39. The molecule has 6 heteroatoms. The van der Waals surface area contributed by atoms with Gasteiger partial charge in [0.15, 0.2) is 5.58 Å². The van der Waals surface area contributed by atoms with Crippen molar-refractivity contribution in [3.05, 3.63) is 70.5 Å². The van der Waals surface area contributed by atoms with Gasteiger partial charge in [0, 0.05) is 12.0 Å². The smallest absolute Gasteiger partial charge is 0.408 e. The van der Waals surface area contributed by atoms with Crippen LogP contribution >= 0.6 is 0 Å². The standard InChI is InChI=1S/C18H15FN2O3/c19-12-5-3-4-11(8-12)13-9-14(13)20-17(22)10-21-15-6-1-2-7-16(15)24-18(21)23/h1-8,13-14H,9-10H2,(H,20,22)/t13-,14-/m1/s1. The van der Waals surface area contributed by atoms with E-state index in [1.807, 2.05) is 6.07 Å². The van der Waals surface area contributed by atoms with Crippen LogP contribution in [0.3, 0.4) is 0 Å². The average molecular weight is 326 g/mol. The monoisotopic (exact) mass is 326 g/mol. The molecule has 1 N–H and O–H groups in total. The topological polar surface area (TPSA) is 64.2 Å². The van der Waals surface area contributed by atoms with E-state index in [0.717, 1.165) is 12.0 Å². The number of nitrogens with zero attached hydrogens (tertiary/aromatic N) is 1. The van der Waals surface area contributed by atoms with E-state index in [9.17, 15) is 14.0 Å². The van der Waals surface area contributed by atoms with Crippen LogP contribution in [0.5, 0.6) is 0 Å². The van der Waals surface area contributed by atoms with Gasteiger partial charge in [-0.25, -0.2) is 9.18 Å². The molecule has 0 saturated heterocycles. The predicted octanol–water partition coefficient (Wildman–Crippen LogP) is 2.41. The average Bonchev–Trinajstić information content (AvgIpc) is 3.25. The summed E-state index contributed by atoms with van der Waals surface area (Å²) in [5.74, 6) is -0.959. The lowest BCUT2D eigenvalue weighted by Gasteiger charge is -2.06. The minimum absolute atomic E-state index is 0.0202. The summed E-state index contributed by atoms with van der Waals surface area (Å²) >= 11 is 0. The lowest BCUT2D eigenvalue weighted by atomic mass is 10.1. The van der Waals surface area contributed by atoms with Crippen molar-refractivity contribution < 1.29 is 13.6 Å². The van der Waals surface area contributed by atoms with Gasteiger partial charge in [0.05, 0.1) is 5.52 Å². The Bertz CT molecular complexity index is 976. The molecule has 122 valence electrons. The van der Waals surface area contributed by atoms with E-state index < -0.39 is 5.76 Å². The summed E-state index contributed by atoms with van der Waals surface area (Å²) in [6.07, 6.45) is 0.774. The fraction of sp³-hybridized carbons (Fsp3) is 0.222. The number of carbonyl (C=O) groups excluding carboxylic acids is 1. The number of rotatable bonds is 4. The van der Waals surface area contributed by atoms with Gasteiger partial charge in [-0.15, -0.1) is 0 Å². The molecule has 1 fully saturated rings. The van der Waals surface area contributed by atoms with E-state index >= 15 is 0 Å². The van der Waals surface area contributed by atoms with E-state index in [4.69, 9.17) is 4.42 Å². The molecular formula is C18H15FN2O3. The molecule has 0 unspecified atom stereocenters. The van der Waals surface area contributed by atoms with Crippen LogP contribution in [0.25, 0.3) is 11.1 Å². The molecule has 0 aliphatic heterocycles. The van der Waals surface area contributed by atoms with Gasteiger partial charge < -0.3 is 9.73 Å².